The van der Waals surface area contributed by atoms with Gasteiger partial charge in [-0.05, 0) is 66.0 Å². The maximum absolute atomic E-state index is 11.9. The summed E-state index contributed by atoms with van der Waals surface area (Å²) in [6, 6.07) is 20.9. The molecule has 1 aromatic heterocycles. The van der Waals surface area contributed by atoms with Gasteiger partial charge in [-0.25, -0.2) is 0 Å². The Bertz CT molecular complexity index is 931. The molecule has 0 N–H and O–H groups in total. The van der Waals surface area contributed by atoms with E-state index in [0.29, 0.717) is 6.42 Å². The van der Waals surface area contributed by atoms with Crippen LogP contribution in [0.15, 0.2) is 66.0 Å². The van der Waals surface area contributed by atoms with Gasteiger partial charge in [0.1, 0.15) is 11.9 Å². The molecule has 29 heavy (non-hydrogen) atoms. The molecule has 0 radical (unpaired) electrons. The number of rotatable bonds is 6. The molecular weight excluding hydrogens is 380 g/mol. The van der Waals surface area contributed by atoms with Crippen LogP contribution in [-0.2, 0) is 16.0 Å². The fourth-order valence-electron chi connectivity index (χ4n) is 4.06. The van der Waals surface area contributed by atoms with Gasteiger partial charge < -0.3 is 9.47 Å². The van der Waals surface area contributed by atoms with Gasteiger partial charge in [-0.1, -0.05) is 42.5 Å². The van der Waals surface area contributed by atoms with Crippen LogP contribution in [0.5, 0.6) is 5.75 Å². The Morgan fingerprint density at radius 3 is 2.66 bits per heavy atom. The molecule has 0 saturated heterocycles. The summed E-state index contributed by atoms with van der Waals surface area (Å²) in [5.74, 6) is 0.687. The topological polar surface area (TPSA) is 35.5 Å². The standard InChI is InChI=1S/C25H26O3S/c1-27-25(26)17-22(24-11-6-16-29-24)19-12-14-20(15-13-19)28-23-10-5-3-8-18-7-2-4-9-21(18)23/h2,4,6-7,9,11-16,22-23H,3,5,8,10,17H2,1H3. The van der Waals surface area contributed by atoms with Gasteiger partial charge in [-0.15, -0.1) is 11.3 Å². The number of hydrogen-bond donors (Lipinski definition) is 0. The van der Waals surface area contributed by atoms with Gasteiger partial charge in [-0.2, -0.15) is 0 Å². The van der Waals surface area contributed by atoms with E-state index in [1.165, 1.54) is 36.0 Å². The Balaban J connectivity index is 1.53. The summed E-state index contributed by atoms with van der Waals surface area (Å²) < 4.78 is 11.3. The lowest BCUT2D eigenvalue weighted by Crippen LogP contribution is -2.10. The maximum atomic E-state index is 11.9. The first kappa shape index (κ1) is 19.7. The van der Waals surface area contributed by atoms with E-state index in [1.807, 2.05) is 23.6 Å². The first-order valence-corrected chi connectivity index (χ1v) is 11.1. The Morgan fingerprint density at radius 1 is 1.07 bits per heavy atom. The van der Waals surface area contributed by atoms with Crippen molar-refractivity contribution < 1.29 is 14.3 Å². The molecule has 1 heterocycles. The van der Waals surface area contributed by atoms with Crippen molar-refractivity contribution in [1.82, 2.24) is 0 Å². The predicted molar refractivity (Wildman–Crippen MR) is 117 cm³/mol. The molecule has 1 aliphatic rings. The minimum absolute atomic E-state index is 0.00936. The SMILES string of the molecule is COC(=O)CC(c1ccc(OC2CCCCc3ccccc32)cc1)c1cccs1. The molecule has 0 bridgehead atoms. The lowest BCUT2D eigenvalue weighted by Gasteiger charge is -2.21. The van der Waals surface area contributed by atoms with Gasteiger partial charge in [0.05, 0.1) is 13.5 Å². The number of hydrogen-bond acceptors (Lipinski definition) is 4. The summed E-state index contributed by atoms with van der Waals surface area (Å²) in [6.45, 7) is 0. The molecule has 2 aromatic carbocycles. The number of thiophene rings is 1. The molecule has 2 unspecified atom stereocenters. The summed E-state index contributed by atoms with van der Waals surface area (Å²) in [5, 5.41) is 2.04. The van der Waals surface area contributed by atoms with E-state index in [9.17, 15) is 4.79 Å². The number of fused-ring (bicyclic) bond motifs is 1. The first-order valence-electron chi connectivity index (χ1n) is 10.2. The van der Waals surface area contributed by atoms with Crippen molar-refractivity contribution in [3.05, 3.63) is 87.6 Å². The molecule has 4 heteroatoms. The second-order valence-electron chi connectivity index (χ2n) is 7.47. The number of methoxy groups -OCH3 is 1. The zero-order valence-electron chi connectivity index (χ0n) is 16.7. The summed E-state index contributed by atoms with van der Waals surface area (Å²) in [6.07, 6.45) is 5.00. The average Bonchev–Trinajstić information content (AvgIpc) is 3.22. The highest BCUT2D eigenvalue weighted by atomic mass is 32.1. The summed E-state index contributed by atoms with van der Waals surface area (Å²) in [7, 11) is 1.44. The van der Waals surface area contributed by atoms with Crippen LogP contribution in [0.2, 0.25) is 0 Å². The molecule has 0 aliphatic heterocycles. The smallest absolute Gasteiger partial charge is 0.306 e. The molecule has 1 aliphatic carbocycles. The summed E-state index contributed by atoms with van der Waals surface area (Å²) >= 11 is 1.67. The van der Waals surface area contributed by atoms with Crippen LogP contribution in [0.1, 0.15) is 59.3 Å². The second kappa shape index (κ2) is 9.27. The third-order valence-electron chi connectivity index (χ3n) is 5.61. The number of carbonyl (C=O) groups excluding carboxylic acids is 1. The molecule has 0 amide bonds. The Hall–Kier alpha value is -2.59. The summed E-state index contributed by atoms with van der Waals surface area (Å²) in [4.78, 5) is 13.1. The van der Waals surface area contributed by atoms with E-state index in [0.717, 1.165) is 24.2 Å². The van der Waals surface area contributed by atoms with Gasteiger partial charge in [0, 0.05) is 10.8 Å². The van der Waals surface area contributed by atoms with Gasteiger partial charge >= 0.3 is 5.97 Å². The molecule has 150 valence electrons. The van der Waals surface area contributed by atoms with Crippen LogP contribution in [0.25, 0.3) is 0 Å². The monoisotopic (exact) mass is 406 g/mol. The molecule has 3 aromatic rings. The number of ether oxygens (including phenoxy) is 2. The van der Waals surface area contributed by atoms with Crippen molar-refractivity contribution >= 4 is 17.3 Å². The molecule has 0 saturated carbocycles. The third-order valence-corrected chi connectivity index (χ3v) is 6.60. The van der Waals surface area contributed by atoms with Crippen LogP contribution < -0.4 is 4.74 Å². The molecule has 0 spiro atoms. The van der Waals surface area contributed by atoms with Crippen molar-refractivity contribution in [2.45, 2.75) is 44.1 Å². The van der Waals surface area contributed by atoms with Crippen molar-refractivity contribution in [3.63, 3.8) is 0 Å². The highest BCUT2D eigenvalue weighted by Crippen LogP contribution is 2.35. The quantitative estimate of drug-likeness (QED) is 0.356. The molecule has 2 atom stereocenters. The number of aryl methyl sites for hydroxylation is 1. The zero-order valence-corrected chi connectivity index (χ0v) is 17.5. The van der Waals surface area contributed by atoms with Gasteiger partial charge in [0.15, 0.2) is 0 Å². The highest BCUT2D eigenvalue weighted by Gasteiger charge is 2.22. The van der Waals surface area contributed by atoms with Crippen LogP contribution in [-0.4, -0.2) is 13.1 Å². The van der Waals surface area contributed by atoms with Crippen molar-refractivity contribution in [2.75, 3.05) is 7.11 Å². The van der Waals surface area contributed by atoms with Gasteiger partial charge in [-0.3, -0.25) is 4.79 Å². The number of esters is 1. The third kappa shape index (κ3) is 4.70. The van der Waals surface area contributed by atoms with E-state index < -0.39 is 0 Å². The molecule has 0 fully saturated rings. The number of carbonyl (C=O) groups is 1. The van der Waals surface area contributed by atoms with Crippen molar-refractivity contribution in [3.8, 4) is 5.75 Å². The zero-order chi connectivity index (χ0) is 20.1. The first-order chi connectivity index (χ1) is 14.2. The largest absolute Gasteiger partial charge is 0.486 e. The van der Waals surface area contributed by atoms with E-state index in [2.05, 4.69) is 42.5 Å². The van der Waals surface area contributed by atoms with Crippen LogP contribution in [0.4, 0.5) is 0 Å². The van der Waals surface area contributed by atoms with Crippen LogP contribution in [0, 0.1) is 0 Å². The fraction of sp³-hybridized carbons (Fsp3) is 0.320. The van der Waals surface area contributed by atoms with Crippen molar-refractivity contribution in [1.29, 1.82) is 0 Å². The fourth-order valence-corrected chi connectivity index (χ4v) is 4.92. The second-order valence-corrected chi connectivity index (χ2v) is 8.45. The molecule has 4 rings (SSSR count). The molecular formula is C25H26O3S. The average molecular weight is 407 g/mol. The van der Waals surface area contributed by atoms with Crippen molar-refractivity contribution in [2.24, 2.45) is 0 Å². The Labute approximate surface area is 176 Å². The lowest BCUT2D eigenvalue weighted by atomic mass is 9.94. The highest BCUT2D eigenvalue weighted by molar-refractivity contribution is 7.10. The van der Waals surface area contributed by atoms with Gasteiger partial charge in [0.25, 0.3) is 0 Å². The van der Waals surface area contributed by atoms with Crippen LogP contribution in [0.3, 0.4) is 0 Å². The van der Waals surface area contributed by atoms with E-state index in [1.54, 1.807) is 11.3 Å². The number of benzene rings is 2. The minimum atomic E-state index is -0.196. The molecule has 3 nitrogen and oxygen atoms in total. The van der Waals surface area contributed by atoms with Crippen LogP contribution >= 0.6 is 11.3 Å². The van der Waals surface area contributed by atoms with E-state index in [-0.39, 0.29) is 18.0 Å². The maximum Gasteiger partial charge on any atom is 0.306 e. The van der Waals surface area contributed by atoms with E-state index in [4.69, 9.17) is 9.47 Å². The van der Waals surface area contributed by atoms with E-state index >= 15 is 0 Å². The normalized spacial score (nSPS) is 17.1. The Morgan fingerprint density at radius 2 is 1.90 bits per heavy atom. The Kier molecular flexibility index (Phi) is 6.30. The minimum Gasteiger partial charge on any atom is -0.486 e. The summed E-state index contributed by atoms with van der Waals surface area (Å²) in [5.41, 5.74) is 3.82. The van der Waals surface area contributed by atoms with Gasteiger partial charge in [0.2, 0.25) is 0 Å². The predicted octanol–water partition coefficient (Wildman–Crippen LogP) is 6.29. The lowest BCUT2D eigenvalue weighted by molar-refractivity contribution is -0.140.